The van der Waals surface area contributed by atoms with Gasteiger partial charge in [-0.25, -0.2) is 0 Å². The third-order valence-electron chi connectivity index (χ3n) is 3.75. The topological polar surface area (TPSA) is 49.4 Å². The van der Waals surface area contributed by atoms with Gasteiger partial charge in [0.15, 0.2) is 0 Å². The lowest BCUT2D eigenvalue weighted by atomic mass is 10.00. The van der Waals surface area contributed by atoms with Gasteiger partial charge in [-0.2, -0.15) is 0 Å². The van der Waals surface area contributed by atoms with Crippen LogP contribution < -0.4 is 5.32 Å². The number of amides is 2. The summed E-state index contributed by atoms with van der Waals surface area (Å²) in [7, 11) is 0. The summed E-state index contributed by atoms with van der Waals surface area (Å²) in [5.41, 5.74) is 0.443. The lowest BCUT2D eigenvalue weighted by Crippen LogP contribution is -2.40. The number of rotatable bonds is 4. The molecule has 1 aromatic rings. The van der Waals surface area contributed by atoms with Crippen LogP contribution >= 0.6 is 11.6 Å². The number of nitrogens with zero attached hydrogens (tertiary/aromatic N) is 1. The maximum Gasteiger partial charge on any atom is 0.252 e. The van der Waals surface area contributed by atoms with Gasteiger partial charge < -0.3 is 10.2 Å². The van der Waals surface area contributed by atoms with E-state index in [1.54, 1.807) is 24.3 Å². The van der Waals surface area contributed by atoms with Gasteiger partial charge in [0.1, 0.15) is 0 Å². The molecule has 1 atom stereocenters. The Kier molecular flexibility index (Phi) is 5.62. The van der Waals surface area contributed by atoms with E-state index in [1.165, 1.54) is 6.42 Å². The molecular formula is C16H21ClN2O2. The molecule has 1 fully saturated rings. The molecule has 0 radical (unpaired) electrons. The first-order valence-corrected chi connectivity index (χ1v) is 7.76. The molecule has 114 valence electrons. The summed E-state index contributed by atoms with van der Waals surface area (Å²) in [4.78, 5) is 25.9. The van der Waals surface area contributed by atoms with Crippen LogP contribution in [0.1, 0.15) is 36.5 Å². The third-order valence-corrected chi connectivity index (χ3v) is 4.08. The van der Waals surface area contributed by atoms with E-state index in [2.05, 4.69) is 12.2 Å². The summed E-state index contributed by atoms with van der Waals surface area (Å²) >= 11 is 5.96. The Morgan fingerprint density at radius 1 is 1.38 bits per heavy atom. The van der Waals surface area contributed by atoms with Crippen LogP contribution in [0.5, 0.6) is 0 Å². The van der Waals surface area contributed by atoms with Crippen molar-refractivity contribution in [1.82, 2.24) is 10.2 Å². The summed E-state index contributed by atoms with van der Waals surface area (Å²) in [5.74, 6) is 0.446. The minimum absolute atomic E-state index is 0.112. The van der Waals surface area contributed by atoms with E-state index in [4.69, 9.17) is 11.6 Å². The van der Waals surface area contributed by atoms with E-state index < -0.39 is 0 Å². The Morgan fingerprint density at radius 2 is 2.14 bits per heavy atom. The Balaban J connectivity index is 1.77. The van der Waals surface area contributed by atoms with Gasteiger partial charge in [-0.05, 0) is 30.9 Å². The van der Waals surface area contributed by atoms with E-state index >= 15 is 0 Å². The van der Waals surface area contributed by atoms with Crippen molar-refractivity contribution in [2.24, 2.45) is 5.92 Å². The normalized spacial score (nSPS) is 18.4. The van der Waals surface area contributed by atoms with Crippen molar-refractivity contribution in [2.45, 2.75) is 26.2 Å². The Labute approximate surface area is 130 Å². The zero-order valence-electron chi connectivity index (χ0n) is 12.3. The molecule has 4 nitrogen and oxygen atoms in total. The van der Waals surface area contributed by atoms with Gasteiger partial charge >= 0.3 is 0 Å². The molecule has 2 amide bonds. The largest absolute Gasteiger partial charge is 0.351 e. The molecule has 0 bridgehead atoms. The second-order valence-electron chi connectivity index (χ2n) is 5.57. The zero-order valence-corrected chi connectivity index (χ0v) is 13.0. The minimum atomic E-state index is -0.236. The Morgan fingerprint density at radius 3 is 2.86 bits per heavy atom. The van der Waals surface area contributed by atoms with Crippen LogP contribution in [0.15, 0.2) is 24.3 Å². The molecule has 1 saturated heterocycles. The fraction of sp³-hybridized carbons (Fsp3) is 0.500. The van der Waals surface area contributed by atoms with Gasteiger partial charge in [-0.3, -0.25) is 9.59 Å². The second kappa shape index (κ2) is 7.46. The molecule has 1 aromatic carbocycles. The van der Waals surface area contributed by atoms with E-state index in [0.717, 1.165) is 19.5 Å². The predicted octanol–water partition coefficient (Wildman–Crippen LogP) is 2.72. The number of nitrogens with one attached hydrogen (secondary N) is 1. The molecule has 1 aliphatic rings. The van der Waals surface area contributed by atoms with Gasteiger partial charge in [0, 0.05) is 26.1 Å². The summed E-state index contributed by atoms with van der Waals surface area (Å²) in [6.45, 7) is 4.17. The first-order valence-electron chi connectivity index (χ1n) is 7.38. The molecule has 1 heterocycles. The summed E-state index contributed by atoms with van der Waals surface area (Å²) in [5, 5.41) is 3.17. The molecule has 0 aliphatic carbocycles. The van der Waals surface area contributed by atoms with Crippen LogP contribution in [-0.4, -0.2) is 36.3 Å². The SMILES string of the molecule is C[C@@H]1CCCN(C(=O)CCNC(=O)c2ccccc2Cl)C1. The maximum atomic E-state index is 12.1. The van der Waals surface area contributed by atoms with Crippen LogP contribution in [0, 0.1) is 5.92 Å². The monoisotopic (exact) mass is 308 g/mol. The van der Waals surface area contributed by atoms with Crippen molar-refractivity contribution < 1.29 is 9.59 Å². The first kappa shape index (κ1) is 15.8. The fourth-order valence-electron chi connectivity index (χ4n) is 2.60. The van der Waals surface area contributed by atoms with Crippen LogP contribution in [0.25, 0.3) is 0 Å². The molecule has 0 aromatic heterocycles. The molecule has 0 unspecified atom stereocenters. The van der Waals surface area contributed by atoms with Crippen molar-refractivity contribution >= 4 is 23.4 Å². The summed E-state index contributed by atoms with van der Waals surface area (Å²) in [6, 6.07) is 6.89. The van der Waals surface area contributed by atoms with Crippen molar-refractivity contribution in [2.75, 3.05) is 19.6 Å². The maximum absolute atomic E-state index is 12.1. The number of benzene rings is 1. The quantitative estimate of drug-likeness (QED) is 0.930. The molecule has 1 N–H and O–H groups in total. The second-order valence-corrected chi connectivity index (χ2v) is 5.98. The van der Waals surface area contributed by atoms with E-state index in [-0.39, 0.29) is 11.8 Å². The fourth-order valence-corrected chi connectivity index (χ4v) is 2.82. The average molecular weight is 309 g/mol. The summed E-state index contributed by atoms with van der Waals surface area (Å²) in [6.07, 6.45) is 2.59. The number of hydrogen-bond acceptors (Lipinski definition) is 2. The number of piperidine rings is 1. The molecule has 0 spiro atoms. The number of carbonyl (C=O) groups excluding carboxylic acids is 2. The Hall–Kier alpha value is -1.55. The molecular weight excluding hydrogens is 288 g/mol. The highest BCUT2D eigenvalue weighted by atomic mass is 35.5. The lowest BCUT2D eigenvalue weighted by molar-refractivity contribution is -0.132. The number of carbonyl (C=O) groups is 2. The van der Waals surface area contributed by atoms with Gasteiger partial charge in [0.25, 0.3) is 5.91 Å². The van der Waals surface area contributed by atoms with Crippen LogP contribution in [-0.2, 0) is 4.79 Å². The van der Waals surface area contributed by atoms with Gasteiger partial charge in [0.2, 0.25) is 5.91 Å². The number of likely N-dealkylation sites (tertiary alicyclic amines) is 1. The van der Waals surface area contributed by atoms with Crippen LogP contribution in [0.4, 0.5) is 0 Å². The van der Waals surface area contributed by atoms with Crippen molar-refractivity contribution in [1.29, 1.82) is 0 Å². The smallest absolute Gasteiger partial charge is 0.252 e. The first-order chi connectivity index (χ1) is 10.1. The van der Waals surface area contributed by atoms with Crippen molar-refractivity contribution in [3.05, 3.63) is 34.9 Å². The van der Waals surface area contributed by atoms with Crippen LogP contribution in [0.3, 0.4) is 0 Å². The molecule has 0 saturated carbocycles. The van der Waals surface area contributed by atoms with E-state index in [1.807, 2.05) is 4.90 Å². The van der Waals surface area contributed by atoms with Gasteiger partial charge in [-0.15, -0.1) is 0 Å². The standard InChI is InChI=1S/C16H21ClN2O2/c1-12-5-4-10-19(11-12)15(20)8-9-18-16(21)13-6-2-3-7-14(13)17/h2-3,6-7,12H,4-5,8-11H2,1H3,(H,18,21)/t12-/m1/s1. The zero-order chi connectivity index (χ0) is 15.2. The van der Waals surface area contributed by atoms with Crippen molar-refractivity contribution in [3.63, 3.8) is 0 Å². The van der Waals surface area contributed by atoms with Crippen molar-refractivity contribution in [3.8, 4) is 0 Å². The van der Waals surface area contributed by atoms with E-state index in [9.17, 15) is 9.59 Å². The highest BCUT2D eigenvalue weighted by Crippen LogP contribution is 2.16. The van der Waals surface area contributed by atoms with Crippen LogP contribution in [0.2, 0.25) is 5.02 Å². The van der Waals surface area contributed by atoms with Gasteiger partial charge in [0.05, 0.1) is 10.6 Å². The van der Waals surface area contributed by atoms with E-state index in [0.29, 0.717) is 29.5 Å². The lowest BCUT2D eigenvalue weighted by Gasteiger charge is -2.31. The number of hydrogen-bond donors (Lipinski definition) is 1. The van der Waals surface area contributed by atoms with Gasteiger partial charge in [-0.1, -0.05) is 30.7 Å². The molecule has 2 rings (SSSR count). The highest BCUT2D eigenvalue weighted by molar-refractivity contribution is 6.33. The summed E-state index contributed by atoms with van der Waals surface area (Å²) < 4.78 is 0. The number of halogens is 1. The molecule has 21 heavy (non-hydrogen) atoms. The Bertz CT molecular complexity index is 519. The molecule has 5 heteroatoms. The highest BCUT2D eigenvalue weighted by Gasteiger charge is 2.20. The predicted molar refractivity (Wildman–Crippen MR) is 83.4 cm³/mol. The third kappa shape index (κ3) is 4.46. The molecule has 1 aliphatic heterocycles. The minimum Gasteiger partial charge on any atom is -0.351 e. The average Bonchev–Trinajstić information content (AvgIpc) is 2.47.